The van der Waals surface area contributed by atoms with Crippen LogP contribution in [-0.4, -0.2) is 30.5 Å². The van der Waals surface area contributed by atoms with Gasteiger partial charge in [0.25, 0.3) is 0 Å². The Balaban J connectivity index is 1.75. The number of rotatable bonds is 8. The molecule has 2 rings (SSSR count). The van der Waals surface area contributed by atoms with Crippen LogP contribution in [0.1, 0.15) is 39.0 Å². The highest BCUT2D eigenvalue weighted by molar-refractivity contribution is 5.31. The highest BCUT2D eigenvalue weighted by Crippen LogP contribution is 2.37. The van der Waals surface area contributed by atoms with Gasteiger partial charge in [-0.2, -0.15) is 0 Å². The Hall–Kier alpha value is -1.26. The zero-order valence-corrected chi connectivity index (χ0v) is 12.9. The highest BCUT2D eigenvalue weighted by Gasteiger charge is 2.39. The molecule has 1 aliphatic carbocycles. The molecular weight excluding hydrogens is 266 g/mol. The molecule has 0 aromatic heterocycles. The third kappa shape index (κ3) is 4.35. The van der Waals surface area contributed by atoms with Crippen molar-refractivity contribution < 1.29 is 14.6 Å². The lowest BCUT2D eigenvalue weighted by Crippen LogP contribution is -2.41. The van der Waals surface area contributed by atoms with Crippen LogP contribution in [0.15, 0.2) is 24.3 Å². The number of nitrogens with two attached hydrogens (primary N) is 1. The van der Waals surface area contributed by atoms with Gasteiger partial charge in [0.15, 0.2) is 0 Å². The molecule has 4 heteroatoms. The van der Waals surface area contributed by atoms with Crippen LogP contribution in [0.25, 0.3) is 0 Å². The molecule has 2 unspecified atom stereocenters. The SMILES string of the molecule is CCCOc1ccc(OCCC2CCCC2(O)CN)cc1. The second kappa shape index (κ2) is 7.66. The standard InChI is InChI=1S/C17H27NO3/c1-2-11-20-15-5-7-16(8-6-15)21-12-9-14-4-3-10-17(14,19)13-18/h5-8,14,19H,2-4,9-13,18H2,1H3. The predicted octanol–water partition coefficient (Wildman–Crippen LogP) is 2.73. The van der Waals surface area contributed by atoms with E-state index in [1.807, 2.05) is 24.3 Å². The van der Waals surface area contributed by atoms with Crippen molar-refractivity contribution in [3.63, 3.8) is 0 Å². The molecule has 1 aromatic carbocycles. The molecule has 0 spiro atoms. The van der Waals surface area contributed by atoms with E-state index in [0.29, 0.717) is 13.2 Å². The number of hydrogen-bond acceptors (Lipinski definition) is 4. The summed E-state index contributed by atoms with van der Waals surface area (Å²) in [6.45, 7) is 3.78. The zero-order chi connectivity index (χ0) is 15.1. The minimum atomic E-state index is -0.679. The third-order valence-electron chi connectivity index (χ3n) is 4.31. The quantitative estimate of drug-likeness (QED) is 0.773. The van der Waals surface area contributed by atoms with Gasteiger partial charge in [0, 0.05) is 6.54 Å². The minimum Gasteiger partial charge on any atom is -0.494 e. The van der Waals surface area contributed by atoms with Crippen molar-refractivity contribution in [3.05, 3.63) is 24.3 Å². The van der Waals surface area contributed by atoms with Gasteiger partial charge in [-0.1, -0.05) is 13.3 Å². The Morgan fingerprint density at radius 2 is 1.81 bits per heavy atom. The summed E-state index contributed by atoms with van der Waals surface area (Å²) in [5, 5.41) is 10.4. The van der Waals surface area contributed by atoms with Crippen molar-refractivity contribution in [3.8, 4) is 11.5 Å². The molecular formula is C17H27NO3. The number of hydrogen-bond donors (Lipinski definition) is 2. The first-order valence-corrected chi connectivity index (χ1v) is 7.96. The lowest BCUT2D eigenvalue weighted by Gasteiger charge is -2.28. The second-order valence-corrected chi connectivity index (χ2v) is 5.85. The van der Waals surface area contributed by atoms with E-state index in [1.54, 1.807) is 0 Å². The van der Waals surface area contributed by atoms with E-state index in [1.165, 1.54) is 0 Å². The van der Waals surface area contributed by atoms with Gasteiger partial charge in [-0.15, -0.1) is 0 Å². The maximum atomic E-state index is 10.4. The minimum absolute atomic E-state index is 0.259. The van der Waals surface area contributed by atoms with Crippen LogP contribution < -0.4 is 15.2 Å². The van der Waals surface area contributed by atoms with Crippen molar-refractivity contribution in [2.45, 2.75) is 44.6 Å². The Morgan fingerprint density at radius 1 is 1.19 bits per heavy atom. The molecule has 0 heterocycles. The van der Waals surface area contributed by atoms with Crippen molar-refractivity contribution >= 4 is 0 Å². The predicted molar refractivity (Wildman–Crippen MR) is 83.7 cm³/mol. The van der Waals surface area contributed by atoms with Gasteiger partial charge in [-0.25, -0.2) is 0 Å². The first-order valence-electron chi connectivity index (χ1n) is 7.96. The Bertz CT molecular complexity index is 421. The van der Waals surface area contributed by atoms with Crippen LogP contribution in [0.4, 0.5) is 0 Å². The molecule has 0 amide bonds. The smallest absolute Gasteiger partial charge is 0.119 e. The first-order chi connectivity index (χ1) is 10.2. The van der Waals surface area contributed by atoms with E-state index in [0.717, 1.165) is 50.2 Å². The van der Waals surface area contributed by atoms with E-state index >= 15 is 0 Å². The molecule has 3 N–H and O–H groups in total. The zero-order valence-electron chi connectivity index (χ0n) is 12.9. The Morgan fingerprint density at radius 3 is 2.38 bits per heavy atom. The van der Waals surface area contributed by atoms with E-state index in [2.05, 4.69) is 6.92 Å². The fourth-order valence-electron chi connectivity index (χ4n) is 2.98. The lowest BCUT2D eigenvalue weighted by atomic mass is 9.88. The third-order valence-corrected chi connectivity index (χ3v) is 4.31. The maximum Gasteiger partial charge on any atom is 0.119 e. The number of ether oxygens (including phenoxy) is 2. The fraction of sp³-hybridized carbons (Fsp3) is 0.647. The van der Waals surface area contributed by atoms with Gasteiger partial charge >= 0.3 is 0 Å². The summed E-state index contributed by atoms with van der Waals surface area (Å²) in [6, 6.07) is 7.71. The van der Waals surface area contributed by atoms with Crippen molar-refractivity contribution in [1.82, 2.24) is 0 Å². The molecule has 1 aliphatic rings. The summed E-state index contributed by atoms with van der Waals surface area (Å²) in [4.78, 5) is 0. The van der Waals surface area contributed by atoms with Crippen LogP contribution in [0.2, 0.25) is 0 Å². The Labute approximate surface area is 127 Å². The summed E-state index contributed by atoms with van der Waals surface area (Å²) < 4.78 is 11.3. The van der Waals surface area contributed by atoms with Gasteiger partial charge in [0.05, 0.1) is 18.8 Å². The van der Waals surface area contributed by atoms with E-state index < -0.39 is 5.60 Å². The van der Waals surface area contributed by atoms with Crippen LogP contribution >= 0.6 is 0 Å². The van der Waals surface area contributed by atoms with Crippen molar-refractivity contribution in [2.75, 3.05) is 19.8 Å². The average molecular weight is 293 g/mol. The molecule has 0 radical (unpaired) electrons. The van der Waals surface area contributed by atoms with Crippen LogP contribution in [0.3, 0.4) is 0 Å². The number of benzene rings is 1. The molecule has 4 nitrogen and oxygen atoms in total. The topological polar surface area (TPSA) is 64.7 Å². The molecule has 0 bridgehead atoms. The molecule has 1 saturated carbocycles. The van der Waals surface area contributed by atoms with E-state index in [4.69, 9.17) is 15.2 Å². The van der Waals surface area contributed by atoms with E-state index in [9.17, 15) is 5.11 Å². The molecule has 2 atom stereocenters. The van der Waals surface area contributed by atoms with Gasteiger partial charge in [0.1, 0.15) is 11.5 Å². The largest absolute Gasteiger partial charge is 0.494 e. The molecule has 0 saturated heterocycles. The van der Waals surface area contributed by atoms with Gasteiger partial charge in [-0.3, -0.25) is 0 Å². The lowest BCUT2D eigenvalue weighted by molar-refractivity contribution is 0.00355. The van der Waals surface area contributed by atoms with Crippen molar-refractivity contribution in [1.29, 1.82) is 0 Å². The molecule has 1 fully saturated rings. The molecule has 118 valence electrons. The van der Waals surface area contributed by atoms with Gasteiger partial charge in [-0.05, 0) is 55.9 Å². The van der Waals surface area contributed by atoms with E-state index in [-0.39, 0.29) is 5.92 Å². The highest BCUT2D eigenvalue weighted by atomic mass is 16.5. The molecule has 21 heavy (non-hydrogen) atoms. The maximum absolute atomic E-state index is 10.4. The van der Waals surface area contributed by atoms with Crippen LogP contribution in [-0.2, 0) is 0 Å². The average Bonchev–Trinajstić information content (AvgIpc) is 2.88. The van der Waals surface area contributed by atoms with Crippen LogP contribution in [0, 0.1) is 5.92 Å². The monoisotopic (exact) mass is 293 g/mol. The Kier molecular flexibility index (Phi) is 5.88. The number of aliphatic hydroxyl groups is 1. The normalized spacial score (nSPS) is 25.0. The van der Waals surface area contributed by atoms with Gasteiger partial charge < -0.3 is 20.3 Å². The summed E-state index contributed by atoms with van der Waals surface area (Å²) in [5.74, 6) is 1.97. The molecule has 1 aromatic rings. The van der Waals surface area contributed by atoms with Crippen molar-refractivity contribution in [2.24, 2.45) is 11.7 Å². The second-order valence-electron chi connectivity index (χ2n) is 5.85. The van der Waals surface area contributed by atoms with Gasteiger partial charge in [0.2, 0.25) is 0 Å². The summed E-state index contributed by atoms with van der Waals surface area (Å²) in [7, 11) is 0. The van der Waals surface area contributed by atoms with Crippen LogP contribution in [0.5, 0.6) is 11.5 Å². The fourth-order valence-corrected chi connectivity index (χ4v) is 2.98. The summed E-state index contributed by atoms with van der Waals surface area (Å²) in [5.41, 5.74) is 5.01. The summed E-state index contributed by atoms with van der Waals surface area (Å²) >= 11 is 0. The summed E-state index contributed by atoms with van der Waals surface area (Å²) in [6.07, 6.45) is 4.77. The molecule has 0 aliphatic heterocycles. The first kappa shape index (κ1) is 16.1.